The van der Waals surface area contributed by atoms with Crippen LogP contribution in [0.4, 0.5) is 0 Å². The van der Waals surface area contributed by atoms with E-state index in [1.54, 1.807) is 0 Å². The minimum Gasteiger partial charge on any atom is -0.376 e. The largest absolute Gasteiger partial charge is 0.376 e. The second-order valence-corrected chi connectivity index (χ2v) is 5.96. The molecule has 1 N–H and O–H groups in total. The molecule has 2 saturated carbocycles. The molecule has 0 aliphatic heterocycles. The molecule has 0 spiro atoms. The summed E-state index contributed by atoms with van der Waals surface area (Å²) in [6, 6.07) is 0.586. The van der Waals surface area contributed by atoms with E-state index in [0.29, 0.717) is 18.1 Å². The van der Waals surface area contributed by atoms with E-state index >= 15 is 0 Å². The molecule has 0 aromatic rings. The molecule has 94 valence electrons. The van der Waals surface area contributed by atoms with Crippen LogP contribution in [-0.2, 0) is 4.74 Å². The summed E-state index contributed by atoms with van der Waals surface area (Å²) in [5.74, 6) is 2.44. The van der Waals surface area contributed by atoms with Crippen molar-refractivity contribution in [1.82, 2.24) is 5.32 Å². The number of hydrogen-bond donors (Lipinski definition) is 1. The highest BCUT2D eigenvalue weighted by Gasteiger charge is 2.35. The molecule has 4 atom stereocenters. The SMILES string of the molecule is CCNC1CC(C)CC(C)C1OCC1CC1. The third kappa shape index (κ3) is 3.21. The van der Waals surface area contributed by atoms with Crippen molar-refractivity contribution in [3.05, 3.63) is 0 Å². The first kappa shape index (κ1) is 12.4. The van der Waals surface area contributed by atoms with E-state index in [1.807, 2.05) is 0 Å². The van der Waals surface area contributed by atoms with Crippen LogP contribution < -0.4 is 5.32 Å². The van der Waals surface area contributed by atoms with Crippen LogP contribution in [-0.4, -0.2) is 25.3 Å². The first-order valence-electron chi connectivity index (χ1n) is 7.05. The van der Waals surface area contributed by atoms with Gasteiger partial charge in [-0.15, -0.1) is 0 Å². The summed E-state index contributed by atoms with van der Waals surface area (Å²) in [4.78, 5) is 0. The molecule has 2 fully saturated rings. The predicted octanol–water partition coefficient (Wildman–Crippen LogP) is 2.83. The van der Waals surface area contributed by atoms with Gasteiger partial charge in [-0.25, -0.2) is 0 Å². The van der Waals surface area contributed by atoms with Crippen molar-refractivity contribution in [1.29, 1.82) is 0 Å². The fourth-order valence-electron chi connectivity index (χ4n) is 3.10. The summed E-state index contributed by atoms with van der Waals surface area (Å²) in [6.07, 6.45) is 5.86. The fourth-order valence-corrected chi connectivity index (χ4v) is 3.10. The van der Waals surface area contributed by atoms with Gasteiger partial charge >= 0.3 is 0 Å². The van der Waals surface area contributed by atoms with Crippen LogP contribution in [0.1, 0.15) is 46.5 Å². The smallest absolute Gasteiger partial charge is 0.0753 e. The Kier molecular flexibility index (Phi) is 4.26. The molecular weight excluding hydrogens is 198 g/mol. The number of rotatable bonds is 5. The summed E-state index contributed by atoms with van der Waals surface area (Å²) in [6.45, 7) is 9.00. The van der Waals surface area contributed by atoms with Crippen LogP contribution in [0.25, 0.3) is 0 Å². The Balaban J connectivity index is 1.87. The molecule has 0 amide bonds. The van der Waals surface area contributed by atoms with Crippen LogP contribution >= 0.6 is 0 Å². The Morgan fingerprint density at radius 2 is 1.94 bits per heavy atom. The lowest BCUT2D eigenvalue weighted by atomic mass is 9.78. The van der Waals surface area contributed by atoms with E-state index in [9.17, 15) is 0 Å². The maximum atomic E-state index is 6.17. The van der Waals surface area contributed by atoms with Crippen molar-refractivity contribution in [2.24, 2.45) is 17.8 Å². The third-order valence-corrected chi connectivity index (χ3v) is 4.08. The van der Waals surface area contributed by atoms with E-state index in [4.69, 9.17) is 4.74 Å². The molecule has 0 aromatic carbocycles. The van der Waals surface area contributed by atoms with Crippen LogP contribution in [0, 0.1) is 17.8 Å². The van der Waals surface area contributed by atoms with Gasteiger partial charge in [-0.2, -0.15) is 0 Å². The Hall–Kier alpha value is -0.0800. The molecule has 2 rings (SSSR count). The zero-order chi connectivity index (χ0) is 11.5. The second kappa shape index (κ2) is 5.50. The average Bonchev–Trinajstić information content (AvgIpc) is 3.00. The van der Waals surface area contributed by atoms with Gasteiger partial charge in [-0.1, -0.05) is 20.8 Å². The zero-order valence-electron chi connectivity index (χ0n) is 11.0. The average molecular weight is 225 g/mol. The summed E-state index contributed by atoms with van der Waals surface area (Å²) in [7, 11) is 0. The Labute approximate surface area is 100 Å². The van der Waals surface area contributed by atoms with Gasteiger partial charge in [-0.05, 0) is 50.0 Å². The first-order chi connectivity index (χ1) is 7.70. The summed E-state index contributed by atoms with van der Waals surface area (Å²) in [5, 5.41) is 3.61. The maximum Gasteiger partial charge on any atom is 0.0753 e. The summed E-state index contributed by atoms with van der Waals surface area (Å²) >= 11 is 0. The van der Waals surface area contributed by atoms with Gasteiger partial charge in [-0.3, -0.25) is 0 Å². The topological polar surface area (TPSA) is 21.3 Å². The van der Waals surface area contributed by atoms with E-state index in [2.05, 4.69) is 26.1 Å². The molecule has 2 nitrogen and oxygen atoms in total. The molecule has 0 radical (unpaired) electrons. The molecule has 16 heavy (non-hydrogen) atoms. The van der Waals surface area contributed by atoms with Crippen molar-refractivity contribution >= 4 is 0 Å². The lowest BCUT2D eigenvalue weighted by Gasteiger charge is -2.39. The van der Waals surface area contributed by atoms with E-state index in [1.165, 1.54) is 25.7 Å². The van der Waals surface area contributed by atoms with Crippen molar-refractivity contribution in [3.8, 4) is 0 Å². The van der Waals surface area contributed by atoms with Crippen molar-refractivity contribution in [2.75, 3.05) is 13.2 Å². The lowest BCUT2D eigenvalue weighted by Crippen LogP contribution is -2.49. The molecule has 0 saturated heterocycles. The number of hydrogen-bond acceptors (Lipinski definition) is 2. The van der Waals surface area contributed by atoms with Gasteiger partial charge in [0.25, 0.3) is 0 Å². The monoisotopic (exact) mass is 225 g/mol. The minimum absolute atomic E-state index is 0.455. The molecule has 0 aromatic heterocycles. The van der Waals surface area contributed by atoms with E-state index < -0.39 is 0 Å². The normalized spacial score (nSPS) is 39.9. The second-order valence-electron chi connectivity index (χ2n) is 5.96. The van der Waals surface area contributed by atoms with Crippen LogP contribution in [0.2, 0.25) is 0 Å². The summed E-state index contributed by atoms with van der Waals surface area (Å²) in [5.41, 5.74) is 0. The Morgan fingerprint density at radius 1 is 1.19 bits per heavy atom. The van der Waals surface area contributed by atoms with Gasteiger partial charge in [0.1, 0.15) is 0 Å². The number of nitrogens with one attached hydrogen (secondary N) is 1. The van der Waals surface area contributed by atoms with E-state index in [-0.39, 0.29) is 0 Å². The van der Waals surface area contributed by atoms with Gasteiger partial charge in [0.15, 0.2) is 0 Å². The number of likely N-dealkylation sites (N-methyl/N-ethyl adjacent to an activating group) is 1. The standard InChI is InChI=1S/C14H27NO/c1-4-15-13-8-10(2)7-11(3)14(13)16-9-12-5-6-12/h10-15H,4-9H2,1-3H3. The fraction of sp³-hybridized carbons (Fsp3) is 1.00. The highest BCUT2D eigenvalue weighted by atomic mass is 16.5. The molecule has 2 heteroatoms. The van der Waals surface area contributed by atoms with Gasteiger partial charge in [0, 0.05) is 12.6 Å². The molecule has 4 unspecified atom stereocenters. The maximum absolute atomic E-state index is 6.17. The van der Waals surface area contributed by atoms with Crippen LogP contribution in [0.5, 0.6) is 0 Å². The minimum atomic E-state index is 0.455. The highest BCUT2D eigenvalue weighted by Crippen LogP contribution is 2.34. The Bertz CT molecular complexity index is 215. The van der Waals surface area contributed by atoms with Gasteiger partial charge in [0.2, 0.25) is 0 Å². The summed E-state index contributed by atoms with van der Waals surface area (Å²) < 4.78 is 6.17. The lowest BCUT2D eigenvalue weighted by molar-refractivity contribution is -0.0414. The number of ether oxygens (including phenoxy) is 1. The highest BCUT2D eigenvalue weighted by molar-refractivity contribution is 4.89. The molecule has 2 aliphatic carbocycles. The van der Waals surface area contributed by atoms with E-state index in [0.717, 1.165) is 25.0 Å². The van der Waals surface area contributed by atoms with Gasteiger partial charge < -0.3 is 10.1 Å². The first-order valence-corrected chi connectivity index (χ1v) is 7.05. The molecular formula is C14H27NO. The molecule has 0 bridgehead atoms. The van der Waals surface area contributed by atoms with Crippen molar-refractivity contribution in [3.63, 3.8) is 0 Å². The Morgan fingerprint density at radius 3 is 2.56 bits per heavy atom. The quantitative estimate of drug-likeness (QED) is 0.777. The van der Waals surface area contributed by atoms with Crippen molar-refractivity contribution < 1.29 is 4.74 Å². The zero-order valence-corrected chi connectivity index (χ0v) is 11.0. The predicted molar refractivity (Wildman–Crippen MR) is 67.5 cm³/mol. The third-order valence-electron chi connectivity index (χ3n) is 4.08. The van der Waals surface area contributed by atoms with Gasteiger partial charge in [0.05, 0.1) is 6.10 Å². The van der Waals surface area contributed by atoms with Crippen LogP contribution in [0.15, 0.2) is 0 Å². The molecule has 0 heterocycles. The molecule has 2 aliphatic rings. The van der Waals surface area contributed by atoms with Crippen molar-refractivity contribution in [2.45, 2.75) is 58.6 Å². The van der Waals surface area contributed by atoms with Crippen LogP contribution in [0.3, 0.4) is 0 Å².